The molecule has 0 aliphatic rings. The number of benzene rings is 2. The van der Waals surface area contributed by atoms with Crippen molar-refractivity contribution in [1.82, 2.24) is 9.78 Å². The second-order valence-electron chi connectivity index (χ2n) is 7.58. The van der Waals surface area contributed by atoms with Gasteiger partial charge in [-0.2, -0.15) is 5.10 Å². The normalized spacial score (nSPS) is 11.3. The zero-order valence-corrected chi connectivity index (χ0v) is 18.2. The van der Waals surface area contributed by atoms with Crippen molar-refractivity contribution in [3.63, 3.8) is 0 Å². The van der Waals surface area contributed by atoms with Crippen molar-refractivity contribution in [2.45, 2.75) is 33.3 Å². The van der Waals surface area contributed by atoms with E-state index in [0.29, 0.717) is 18.1 Å². The first-order valence-corrected chi connectivity index (χ1v) is 9.99. The smallest absolute Gasteiger partial charge is 0.189 e. The van der Waals surface area contributed by atoms with Gasteiger partial charge in [0.25, 0.3) is 0 Å². The third-order valence-electron chi connectivity index (χ3n) is 4.95. The predicted octanol–water partition coefficient (Wildman–Crippen LogP) is 5.34. The summed E-state index contributed by atoms with van der Waals surface area (Å²) in [5.41, 5.74) is 4.42. The number of rotatable bonds is 8. The lowest BCUT2D eigenvalue weighted by atomic mass is 10.0. The molecule has 0 saturated heterocycles. The molecule has 0 bridgehead atoms. The molecule has 0 aliphatic heterocycles. The number of carbonyl (C=O) groups excluding carboxylic acids is 1. The minimum atomic E-state index is -0.0699. The Bertz CT molecular complexity index is 1050. The average molecular weight is 405 g/mol. The summed E-state index contributed by atoms with van der Waals surface area (Å²) in [6, 6.07) is 13.9. The number of ketones is 1. The van der Waals surface area contributed by atoms with Crippen LogP contribution in [0.5, 0.6) is 11.5 Å². The highest BCUT2D eigenvalue weighted by Crippen LogP contribution is 2.24. The van der Waals surface area contributed by atoms with Gasteiger partial charge in [0.15, 0.2) is 5.78 Å². The first-order valence-electron chi connectivity index (χ1n) is 9.99. The van der Waals surface area contributed by atoms with E-state index in [1.165, 1.54) is 5.56 Å². The van der Waals surface area contributed by atoms with Gasteiger partial charge in [-0.05, 0) is 54.3 Å². The van der Waals surface area contributed by atoms with Crippen molar-refractivity contribution in [2.24, 2.45) is 7.05 Å². The van der Waals surface area contributed by atoms with E-state index in [2.05, 4.69) is 31.1 Å². The lowest BCUT2D eigenvalue weighted by Gasteiger charge is -2.12. The maximum Gasteiger partial charge on any atom is 0.189 e. The molecule has 0 saturated carbocycles. The number of aromatic nitrogens is 2. The standard InChI is InChI=1S/C25H28N2O3/c1-17(2)20-8-10-22(11-9-20)30-16-21-14-19(7-13-25(21)29-5)6-12-24(28)23-15-27(4)26-18(23)3/h6-15,17H,16H2,1-5H3/b12-6+. The quantitative estimate of drug-likeness (QED) is 0.376. The highest BCUT2D eigenvalue weighted by molar-refractivity contribution is 6.07. The van der Waals surface area contributed by atoms with Gasteiger partial charge >= 0.3 is 0 Å². The summed E-state index contributed by atoms with van der Waals surface area (Å²) in [5.74, 6) is 1.98. The first-order chi connectivity index (χ1) is 14.4. The lowest BCUT2D eigenvalue weighted by molar-refractivity contribution is 0.104. The van der Waals surface area contributed by atoms with Crippen LogP contribution in [0.15, 0.2) is 54.7 Å². The van der Waals surface area contributed by atoms with E-state index in [-0.39, 0.29) is 5.78 Å². The Balaban J connectivity index is 1.73. The minimum absolute atomic E-state index is 0.0699. The molecule has 0 fully saturated rings. The summed E-state index contributed by atoms with van der Waals surface area (Å²) in [5, 5.41) is 4.22. The number of nitrogens with zero attached hydrogens (tertiary/aromatic N) is 2. The van der Waals surface area contributed by atoms with Crippen LogP contribution in [0.1, 0.15) is 52.5 Å². The molecule has 0 radical (unpaired) electrons. The summed E-state index contributed by atoms with van der Waals surface area (Å²) in [6.07, 6.45) is 5.11. The summed E-state index contributed by atoms with van der Waals surface area (Å²) in [7, 11) is 3.44. The summed E-state index contributed by atoms with van der Waals surface area (Å²) >= 11 is 0. The largest absolute Gasteiger partial charge is 0.496 e. The van der Waals surface area contributed by atoms with Crippen molar-refractivity contribution in [1.29, 1.82) is 0 Å². The van der Waals surface area contributed by atoms with Crippen LogP contribution in [0.2, 0.25) is 0 Å². The van der Waals surface area contributed by atoms with Gasteiger partial charge in [-0.3, -0.25) is 9.48 Å². The molecule has 156 valence electrons. The van der Waals surface area contributed by atoms with E-state index < -0.39 is 0 Å². The highest BCUT2D eigenvalue weighted by Gasteiger charge is 2.10. The molecular formula is C25H28N2O3. The van der Waals surface area contributed by atoms with Crippen molar-refractivity contribution in [2.75, 3.05) is 7.11 Å². The summed E-state index contributed by atoms with van der Waals surface area (Å²) in [4.78, 5) is 12.5. The van der Waals surface area contributed by atoms with Crippen LogP contribution in [-0.4, -0.2) is 22.7 Å². The molecule has 3 aromatic rings. The molecule has 2 aromatic carbocycles. The van der Waals surface area contributed by atoms with Crippen molar-refractivity contribution in [3.8, 4) is 11.5 Å². The zero-order chi connectivity index (χ0) is 21.7. The molecule has 5 heteroatoms. The van der Waals surface area contributed by atoms with Gasteiger partial charge in [0.1, 0.15) is 18.1 Å². The van der Waals surface area contributed by atoms with Gasteiger partial charge in [0.05, 0.1) is 18.4 Å². The summed E-state index contributed by atoms with van der Waals surface area (Å²) in [6.45, 7) is 6.54. The summed E-state index contributed by atoms with van der Waals surface area (Å²) < 4.78 is 13.1. The van der Waals surface area contributed by atoms with E-state index >= 15 is 0 Å². The van der Waals surface area contributed by atoms with E-state index in [0.717, 1.165) is 28.3 Å². The maximum absolute atomic E-state index is 12.5. The Morgan fingerprint density at radius 2 is 1.90 bits per heavy atom. The Hall–Kier alpha value is -3.34. The molecule has 1 heterocycles. The number of methoxy groups -OCH3 is 1. The van der Waals surface area contributed by atoms with Gasteiger partial charge < -0.3 is 9.47 Å². The van der Waals surface area contributed by atoms with E-state index in [1.807, 2.05) is 37.3 Å². The average Bonchev–Trinajstić information content (AvgIpc) is 3.08. The van der Waals surface area contributed by atoms with Gasteiger partial charge in [0.2, 0.25) is 0 Å². The Morgan fingerprint density at radius 1 is 1.17 bits per heavy atom. The van der Waals surface area contributed by atoms with Crippen LogP contribution >= 0.6 is 0 Å². The SMILES string of the molecule is COc1ccc(/C=C/C(=O)c2cn(C)nc2C)cc1COc1ccc(C(C)C)cc1. The molecule has 0 N–H and O–H groups in total. The molecule has 3 rings (SSSR count). The van der Waals surface area contributed by atoms with E-state index in [1.54, 1.807) is 37.2 Å². The fourth-order valence-electron chi connectivity index (χ4n) is 3.23. The maximum atomic E-state index is 12.5. The van der Waals surface area contributed by atoms with Crippen LogP contribution in [0.25, 0.3) is 6.08 Å². The number of allylic oxidation sites excluding steroid dienone is 1. The van der Waals surface area contributed by atoms with Crippen molar-refractivity contribution >= 4 is 11.9 Å². The monoisotopic (exact) mass is 404 g/mol. The number of hydrogen-bond donors (Lipinski definition) is 0. The Labute approximate surface area is 178 Å². The predicted molar refractivity (Wildman–Crippen MR) is 119 cm³/mol. The van der Waals surface area contributed by atoms with Gasteiger partial charge in [-0.1, -0.05) is 38.1 Å². The highest BCUT2D eigenvalue weighted by atomic mass is 16.5. The minimum Gasteiger partial charge on any atom is -0.496 e. The lowest BCUT2D eigenvalue weighted by Crippen LogP contribution is -2.00. The van der Waals surface area contributed by atoms with Crippen LogP contribution in [0.4, 0.5) is 0 Å². The number of hydrogen-bond acceptors (Lipinski definition) is 4. The Morgan fingerprint density at radius 3 is 2.50 bits per heavy atom. The zero-order valence-electron chi connectivity index (χ0n) is 18.2. The first kappa shape index (κ1) is 21.4. The van der Waals surface area contributed by atoms with E-state index in [4.69, 9.17) is 9.47 Å². The van der Waals surface area contributed by atoms with Gasteiger partial charge in [-0.25, -0.2) is 0 Å². The molecule has 1 aromatic heterocycles. The third kappa shape index (κ3) is 5.17. The molecule has 0 atom stereocenters. The van der Waals surface area contributed by atoms with Crippen LogP contribution in [0.3, 0.4) is 0 Å². The molecule has 0 spiro atoms. The van der Waals surface area contributed by atoms with Crippen molar-refractivity contribution in [3.05, 3.63) is 82.7 Å². The molecular weight excluding hydrogens is 376 g/mol. The number of aryl methyl sites for hydroxylation is 2. The fraction of sp³-hybridized carbons (Fsp3) is 0.280. The van der Waals surface area contributed by atoms with Gasteiger partial charge in [-0.15, -0.1) is 0 Å². The number of carbonyl (C=O) groups is 1. The number of ether oxygens (including phenoxy) is 2. The molecule has 0 amide bonds. The molecule has 5 nitrogen and oxygen atoms in total. The van der Waals surface area contributed by atoms with Crippen LogP contribution in [-0.2, 0) is 13.7 Å². The molecule has 0 aliphatic carbocycles. The topological polar surface area (TPSA) is 53.4 Å². The third-order valence-corrected chi connectivity index (χ3v) is 4.95. The Kier molecular flexibility index (Phi) is 6.72. The van der Waals surface area contributed by atoms with E-state index in [9.17, 15) is 4.79 Å². The van der Waals surface area contributed by atoms with Gasteiger partial charge in [0, 0.05) is 18.8 Å². The second-order valence-corrected chi connectivity index (χ2v) is 7.58. The van der Waals surface area contributed by atoms with Crippen molar-refractivity contribution < 1.29 is 14.3 Å². The molecule has 30 heavy (non-hydrogen) atoms. The molecule has 0 unspecified atom stereocenters. The fourth-order valence-corrected chi connectivity index (χ4v) is 3.23. The van der Waals surface area contributed by atoms with Crippen LogP contribution < -0.4 is 9.47 Å². The second kappa shape index (κ2) is 9.44. The van der Waals surface area contributed by atoms with Crippen LogP contribution in [0, 0.1) is 6.92 Å².